The predicted octanol–water partition coefficient (Wildman–Crippen LogP) is 2.70. The molecular weight excluding hydrogens is 392 g/mol. The Labute approximate surface area is 171 Å². The number of esters is 1. The molecule has 2 heterocycles. The van der Waals surface area contributed by atoms with E-state index in [0.29, 0.717) is 22.8 Å². The lowest BCUT2D eigenvalue weighted by atomic mass is 10.2. The van der Waals surface area contributed by atoms with Crippen LogP contribution in [0, 0.1) is 6.92 Å². The SMILES string of the molecule is CC(=O)NCc1ccc(C(=O)C(C)OC(=O)c2nn(-c3ccccc3)nc2C)s1. The van der Waals surface area contributed by atoms with Gasteiger partial charge in [-0.1, -0.05) is 18.2 Å². The van der Waals surface area contributed by atoms with E-state index >= 15 is 0 Å². The molecule has 1 atom stereocenters. The molecular formula is C20H20N4O4S. The van der Waals surface area contributed by atoms with Gasteiger partial charge in [0, 0.05) is 11.8 Å². The van der Waals surface area contributed by atoms with E-state index in [1.807, 2.05) is 30.3 Å². The zero-order valence-corrected chi connectivity index (χ0v) is 17.0. The maximum absolute atomic E-state index is 12.6. The van der Waals surface area contributed by atoms with E-state index in [4.69, 9.17) is 4.74 Å². The molecule has 29 heavy (non-hydrogen) atoms. The largest absolute Gasteiger partial charge is 0.449 e. The molecule has 0 fully saturated rings. The van der Waals surface area contributed by atoms with Gasteiger partial charge in [0.1, 0.15) is 0 Å². The van der Waals surface area contributed by atoms with E-state index in [9.17, 15) is 14.4 Å². The number of nitrogens with zero attached hydrogens (tertiary/aromatic N) is 3. The van der Waals surface area contributed by atoms with Crippen molar-refractivity contribution >= 4 is 29.0 Å². The van der Waals surface area contributed by atoms with Crippen LogP contribution in [-0.4, -0.2) is 38.8 Å². The van der Waals surface area contributed by atoms with Gasteiger partial charge in [0.25, 0.3) is 0 Å². The second-order valence-electron chi connectivity index (χ2n) is 6.35. The monoisotopic (exact) mass is 412 g/mol. The lowest BCUT2D eigenvalue weighted by Gasteiger charge is -2.10. The van der Waals surface area contributed by atoms with Crippen LogP contribution in [0.5, 0.6) is 0 Å². The van der Waals surface area contributed by atoms with Crippen molar-refractivity contribution in [1.29, 1.82) is 0 Å². The first-order valence-corrected chi connectivity index (χ1v) is 9.74. The highest BCUT2D eigenvalue weighted by Crippen LogP contribution is 2.20. The van der Waals surface area contributed by atoms with Crippen LogP contribution < -0.4 is 5.32 Å². The van der Waals surface area contributed by atoms with Crippen molar-refractivity contribution in [3.8, 4) is 5.69 Å². The van der Waals surface area contributed by atoms with Crippen molar-refractivity contribution in [2.24, 2.45) is 0 Å². The van der Waals surface area contributed by atoms with Gasteiger partial charge in [0.05, 0.1) is 22.8 Å². The van der Waals surface area contributed by atoms with E-state index in [2.05, 4.69) is 15.5 Å². The number of carbonyl (C=O) groups is 3. The third-order valence-corrected chi connectivity index (χ3v) is 5.13. The summed E-state index contributed by atoms with van der Waals surface area (Å²) >= 11 is 1.25. The normalized spacial score (nSPS) is 11.7. The Morgan fingerprint density at radius 2 is 1.86 bits per heavy atom. The van der Waals surface area contributed by atoms with E-state index in [1.165, 1.54) is 30.0 Å². The fraction of sp³-hybridized carbons (Fsp3) is 0.250. The molecule has 3 aromatic rings. The Morgan fingerprint density at radius 1 is 1.14 bits per heavy atom. The first kappa shape index (κ1) is 20.4. The van der Waals surface area contributed by atoms with Gasteiger partial charge < -0.3 is 10.1 Å². The molecule has 1 amide bonds. The third kappa shape index (κ3) is 4.94. The number of ether oxygens (including phenoxy) is 1. The minimum atomic E-state index is -0.976. The first-order valence-electron chi connectivity index (χ1n) is 8.93. The van der Waals surface area contributed by atoms with Crippen LogP contribution in [0.1, 0.15) is 44.6 Å². The van der Waals surface area contributed by atoms with Gasteiger partial charge in [-0.2, -0.15) is 9.90 Å². The molecule has 0 saturated heterocycles. The summed E-state index contributed by atoms with van der Waals surface area (Å²) < 4.78 is 5.32. The summed E-state index contributed by atoms with van der Waals surface area (Å²) in [6.45, 7) is 4.95. The summed E-state index contributed by atoms with van der Waals surface area (Å²) in [5.74, 6) is -1.17. The maximum Gasteiger partial charge on any atom is 0.361 e. The highest BCUT2D eigenvalue weighted by atomic mass is 32.1. The molecule has 0 aliphatic carbocycles. The lowest BCUT2D eigenvalue weighted by molar-refractivity contribution is -0.119. The van der Waals surface area contributed by atoms with Crippen LogP contribution in [0.2, 0.25) is 0 Å². The van der Waals surface area contributed by atoms with Crippen molar-refractivity contribution in [1.82, 2.24) is 20.3 Å². The molecule has 0 bridgehead atoms. The second kappa shape index (κ2) is 8.78. The first-order chi connectivity index (χ1) is 13.8. The summed E-state index contributed by atoms with van der Waals surface area (Å²) in [4.78, 5) is 38.7. The van der Waals surface area contributed by atoms with Gasteiger partial charge in [-0.3, -0.25) is 9.59 Å². The van der Waals surface area contributed by atoms with Crippen molar-refractivity contribution in [2.45, 2.75) is 33.4 Å². The van der Waals surface area contributed by atoms with Crippen LogP contribution >= 0.6 is 11.3 Å². The Bertz CT molecular complexity index is 1040. The highest BCUT2D eigenvalue weighted by molar-refractivity contribution is 7.14. The molecule has 150 valence electrons. The Kier molecular flexibility index (Phi) is 6.18. The van der Waals surface area contributed by atoms with Gasteiger partial charge >= 0.3 is 5.97 Å². The molecule has 0 radical (unpaired) electrons. The number of amides is 1. The molecule has 1 N–H and O–H groups in total. The fourth-order valence-electron chi connectivity index (χ4n) is 2.53. The number of benzene rings is 1. The Hall–Kier alpha value is -3.33. The summed E-state index contributed by atoms with van der Waals surface area (Å²) in [6, 6.07) is 12.6. The third-order valence-electron chi connectivity index (χ3n) is 4.03. The zero-order chi connectivity index (χ0) is 21.0. The highest BCUT2D eigenvalue weighted by Gasteiger charge is 2.25. The van der Waals surface area contributed by atoms with Crippen LogP contribution in [0.15, 0.2) is 42.5 Å². The molecule has 2 aromatic heterocycles. The number of rotatable bonds is 7. The minimum absolute atomic E-state index is 0.0611. The van der Waals surface area contributed by atoms with Crippen molar-refractivity contribution in [3.05, 3.63) is 63.6 Å². The molecule has 0 aliphatic heterocycles. The number of para-hydroxylation sites is 1. The molecule has 1 unspecified atom stereocenters. The Morgan fingerprint density at radius 3 is 2.55 bits per heavy atom. The topological polar surface area (TPSA) is 103 Å². The standard InChI is InChI=1S/C20H20N4O4S/c1-12-18(23-24(22-12)15-7-5-4-6-8-15)20(27)28-13(2)19(26)17-10-9-16(29-17)11-21-14(3)25/h4-10,13H,11H2,1-3H3,(H,21,25). The number of carbonyl (C=O) groups excluding carboxylic acids is 3. The molecule has 0 saturated carbocycles. The smallest absolute Gasteiger partial charge is 0.361 e. The molecule has 9 heteroatoms. The average Bonchev–Trinajstić information content (AvgIpc) is 3.33. The van der Waals surface area contributed by atoms with Crippen LogP contribution in [0.4, 0.5) is 0 Å². The van der Waals surface area contributed by atoms with Crippen molar-refractivity contribution < 1.29 is 19.1 Å². The Balaban J connectivity index is 1.67. The van der Waals surface area contributed by atoms with Gasteiger partial charge in [-0.25, -0.2) is 4.79 Å². The van der Waals surface area contributed by atoms with Crippen LogP contribution in [-0.2, 0) is 16.1 Å². The number of ketones is 1. The van der Waals surface area contributed by atoms with E-state index < -0.39 is 12.1 Å². The zero-order valence-electron chi connectivity index (χ0n) is 16.2. The van der Waals surface area contributed by atoms with E-state index in [1.54, 1.807) is 19.1 Å². The number of thiophene rings is 1. The number of nitrogens with one attached hydrogen (secondary N) is 1. The van der Waals surface area contributed by atoms with Crippen LogP contribution in [0.3, 0.4) is 0 Å². The second-order valence-corrected chi connectivity index (χ2v) is 7.51. The van der Waals surface area contributed by atoms with E-state index in [-0.39, 0.29) is 17.4 Å². The molecule has 0 spiro atoms. The number of aromatic nitrogens is 3. The molecule has 1 aromatic carbocycles. The summed E-state index contributed by atoms with van der Waals surface area (Å²) in [5.41, 5.74) is 1.18. The molecule has 0 aliphatic rings. The van der Waals surface area contributed by atoms with Gasteiger partial charge in [-0.15, -0.1) is 16.4 Å². The summed E-state index contributed by atoms with van der Waals surface area (Å²) in [6.07, 6.45) is -0.976. The number of Topliss-reactive ketones (excluding diaryl/α,β-unsaturated/α-hetero) is 1. The number of hydrogen-bond donors (Lipinski definition) is 1. The quantitative estimate of drug-likeness (QED) is 0.473. The number of aryl methyl sites for hydroxylation is 1. The predicted molar refractivity (Wildman–Crippen MR) is 107 cm³/mol. The van der Waals surface area contributed by atoms with Gasteiger partial charge in [0.2, 0.25) is 11.7 Å². The maximum atomic E-state index is 12.6. The van der Waals surface area contributed by atoms with Crippen molar-refractivity contribution in [3.63, 3.8) is 0 Å². The van der Waals surface area contributed by atoms with Crippen LogP contribution in [0.25, 0.3) is 5.69 Å². The van der Waals surface area contributed by atoms with Crippen molar-refractivity contribution in [2.75, 3.05) is 0 Å². The van der Waals surface area contributed by atoms with E-state index in [0.717, 1.165) is 4.88 Å². The summed E-state index contributed by atoms with van der Waals surface area (Å²) in [7, 11) is 0. The lowest BCUT2D eigenvalue weighted by Crippen LogP contribution is -2.24. The number of hydrogen-bond acceptors (Lipinski definition) is 7. The van der Waals surface area contributed by atoms with Gasteiger partial charge in [-0.05, 0) is 38.1 Å². The summed E-state index contributed by atoms with van der Waals surface area (Å²) in [5, 5.41) is 11.1. The van der Waals surface area contributed by atoms with Gasteiger partial charge in [0.15, 0.2) is 11.8 Å². The molecule has 3 rings (SSSR count). The minimum Gasteiger partial charge on any atom is -0.449 e. The molecule has 8 nitrogen and oxygen atoms in total. The fourth-order valence-corrected chi connectivity index (χ4v) is 3.50. The average molecular weight is 412 g/mol.